The van der Waals surface area contributed by atoms with Crippen molar-refractivity contribution in [2.45, 2.75) is 42.0 Å². The van der Waals surface area contributed by atoms with Crippen LogP contribution in [0.5, 0.6) is 5.75 Å². The Labute approximate surface area is 188 Å². The Hall–Kier alpha value is -3.33. The number of fused-ring (bicyclic) bond motifs is 1. The molecule has 0 aromatic heterocycles. The minimum atomic E-state index is -1.34. The first-order chi connectivity index (χ1) is 15.2. The zero-order valence-corrected chi connectivity index (χ0v) is 18.2. The fraction of sp³-hybridized carbons (Fsp3) is 0.304. The highest BCUT2D eigenvalue weighted by molar-refractivity contribution is 8.01. The van der Waals surface area contributed by atoms with Gasteiger partial charge in [-0.05, 0) is 31.5 Å². The van der Waals surface area contributed by atoms with Gasteiger partial charge >= 0.3 is 5.97 Å². The maximum absolute atomic E-state index is 13.2. The first-order valence-electron chi connectivity index (χ1n) is 10.0. The molecule has 2 aliphatic rings. The molecule has 0 bridgehead atoms. The van der Waals surface area contributed by atoms with Gasteiger partial charge in [0.15, 0.2) is 5.92 Å². The lowest BCUT2D eigenvalue weighted by molar-refractivity contribution is -0.312. The van der Waals surface area contributed by atoms with E-state index in [1.54, 1.807) is 74.5 Å². The van der Waals surface area contributed by atoms with Crippen LogP contribution in [0.15, 0.2) is 60.7 Å². The number of carboxylic acid groups (broad SMARTS) is 1. The summed E-state index contributed by atoms with van der Waals surface area (Å²) in [6.07, 6.45) is 0. The second kappa shape index (κ2) is 8.31. The zero-order chi connectivity index (χ0) is 23.0. The van der Waals surface area contributed by atoms with Crippen LogP contribution in [0.2, 0.25) is 0 Å². The van der Waals surface area contributed by atoms with Crippen molar-refractivity contribution in [3.8, 4) is 5.75 Å². The van der Waals surface area contributed by atoms with E-state index in [1.165, 1.54) is 16.7 Å². The number of aliphatic carboxylic acids is 1. The third-order valence-corrected chi connectivity index (χ3v) is 7.13. The topological polar surface area (TPSA) is 116 Å². The predicted molar refractivity (Wildman–Crippen MR) is 114 cm³/mol. The first kappa shape index (κ1) is 21.9. The number of nitrogens with zero attached hydrogens (tertiary/aromatic N) is 1. The number of carbonyl (C=O) groups is 4. The Kier molecular flexibility index (Phi) is 5.68. The van der Waals surface area contributed by atoms with Crippen LogP contribution in [-0.4, -0.2) is 50.9 Å². The third kappa shape index (κ3) is 3.84. The minimum Gasteiger partial charge on any atom is -0.548 e. The van der Waals surface area contributed by atoms with Crippen LogP contribution in [0.3, 0.4) is 0 Å². The Bertz CT molecular complexity index is 1060. The molecule has 9 heteroatoms. The summed E-state index contributed by atoms with van der Waals surface area (Å²) < 4.78 is 4.62. The van der Waals surface area contributed by atoms with Crippen molar-refractivity contribution in [2.24, 2.45) is 0 Å². The van der Waals surface area contributed by atoms with Crippen LogP contribution < -0.4 is 15.2 Å². The number of carbonyl (C=O) groups excluding carboxylic acids is 4. The van der Waals surface area contributed by atoms with Crippen molar-refractivity contribution in [1.82, 2.24) is 10.2 Å². The normalized spacial score (nSPS) is 24.1. The fourth-order valence-electron chi connectivity index (χ4n) is 4.07. The summed E-state index contributed by atoms with van der Waals surface area (Å²) in [7, 11) is 0. The number of carboxylic acids is 1. The highest BCUT2D eigenvalue weighted by atomic mass is 32.2. The molecule has 0 saturated carbocycles. The number of esters is 1. The summed E-state index contributed by atoms with van der Waals surface area (Å²) in [5, 5.41) is 13.7. The molecule has 2 amide bonds. The van der Waals surface area contributed by atoms with Gasteiger partial charge in [-0.2, -0.15) is 0 Å². The summed E-state index contributed by atoms with van der Waals surface area (Å²) in [6.45, 7) is 3.43. The van der Waals surface area contributed by atoms with E-state index in [9.17, 15) is 24.3 Å². The molecular weight excluding hydrogens is 432 g/mol. The molecule has 2 aromatic carbocycles. The zero-order valence-electron chi connectivity index (χ0n) is 17.4. The summed E-state index contributed by atoms with van der Waals surface area (Å²) in [5.41, 5.74) is 0.418. The number of hydrogen-bond acceptors (Lipinski definition) is 7. The molecule has 2 heterocycles. The molecule has 2 aromatic rings. The molecule has 2 aliphatic heterocycles. The van der Waals surface area contributed by atoms with E-state index in [-0.39, 0.29) is 0 Å². The molecule has 2 saturated heterocycles. The van der Waals surface area contributed by atoms with Gasteiger partial charge in [0.2, 0.25) is 11.8 Å². The van der Waals surface area contributed by atoms with Crippen molar-refractivity contribution in [1.29, 1.82) is 0 Å². The van der Waals surface area contributed by atoms with Gasteiger partial charge in [-0.25, -0.2) is 0 Å². The fourth-order valence-corrected chi connectivity index (χ4v) is 5.69. The summed E-state index contributed by atoms with van der Waals surface area (Å²) in [5.74, 6) is -4.33. The number of β-lactam (4-membered cyclic amide) rings is 1. The van der Waals surface area contributed by atoms with Crippen LogP contribution >= 0.6 is 11.8 Å². The number of ether oxygens (including phenoxy) is 1. The van der Waals surface area contributed by atoms with E-state index < -0.39 is 51.9 Å². The number of para-hydroxylation sites is 1. The second-order valence-corrected chi connectivity index (χ2v) is 9.91. The smallest absolute Gasteiger partial charge is 0.328 e. The lowest BCUT2D eigenvalue weighted by atomic mass is 9.94. The summed E-state index contributed by atoms with van der Waals surface area (Å²) in [4.78, 5) is 51.6. The molecule has 2 fully saturated rings. The number of nitrogens with one attached hydrogen (secondary N) is 1. The van der Waals surface area contributed by atoms with Crippen LogP contribution in [-0.2, 0) is 19.2 Å². The molecule has 0 radical (unpaired) electrons. The molecule has 1 unspecified atom stereocenters. The highest BCUT2D eigenvalue weighted by Gasteiger charge is 2.62. The van der Waals surface area contributed by atoms with Gasteiger partial charge in [-0.3, -0.25) is 14.4 Å². The van der Waals surface area contributed by atoms with Crippen LogP contribution in [0, 0.1) is 0 Å². The Morgan fingerprint density at radius 1 is 1.06 bits per heavy atom. The molecule has 32 heavy (non-hydrogen) atoms. The Morgan fingerprint density at radius 3 is 2.25 bits per heavy atom. The van der Waals surface area contributed by atoms with Crippen molar-refractivity contribution >= 4 is 35.5 Å². The van der Waals surface area contributed by atoms with Gasteiger partial charge in [0.05, 0.1) is 12.0 Å². The van der Waals surface area contributed by atoms with Crippen LogP contribution in [0.1, 0.15) is 25.3 Å². The Balaban J connectivity index is 1.54. The maximum atomic E-state index is 13.2. The van der Waals surface area contributed by atoms with E-state index in [0.717, 1.165) is 0 Å². The number of amides is 2. The van der Waals surface area contributed by atoms with E-state index in [0.29, 0.717) is 11.3 Å². The van der Waals surface area contributed by atoms with Gasteiger partial charge in [-0.1, -0.05) is 48.5 Å². The molecule has 1 N–H and O–H groups in total. The van der Waals surface area contributed by atoms with Gasteiger partial charge in [0, 0.05) is 4.75 Å². The first-order valence-corrected chi connectivity index (χ1v) is 10.9. The number of hydrogen-bond donors (Lipinski definition) is 1. The number of thioether (sulfide) groups is 1. The van der Waals surface area contributed by atoms with Gasteiger partial charge in [-0.15, -0.1) is 11.8 Å². The van der Waals surface area contributed by atoms with E-state index in [4.69, 9.17) is 4.74 Å². The molecule has 4 rings (SSSR count). The monoisotopic (exact) mass is 453 g/mol. The summed E-state index contributed by atoms with van der Waals surface area (Å²) >= 11 is 1.28. The van der Waals surface area contributed by atoms with Crippen molar-refractivity contribution < 1.29 is 29.0 Å². The molecule has 8 nitrogen and oxygen atoms in total. The van der Waals surface area contributed by atoms with E-state index >= 15 is 0 Å². The van der Waals surface area contributed by atoms with Gasteiger partial charge in [0.1, 0.15) is 17.2 Å². The van der Waals surface area contributed by atoms with Crippen LogP contribution in [0.4, 0.5) is 0 Å². The van der Waals surface area contributed by atoms with Crippen molar-refractivity contribution in [2.75, 3.05) is 0 Å². The van der Waals surface area contributed by atoms with Gasteiger partial charge < -0.3 is 24.9 Å². The minimum absolute atomic E-state index is 0.294. The standard InChI is InChI=1S/C23H22N2O6S/c1-23(2)17(21(28)29)25-19(27)16(20(25)32-23)24-18(26)15(13-9-5-3-6-10-13)22(30)31-14-11-7-4-8-12-14/h3-12,15-17,20H,1-2H3,(H,24,26)(H,28,29)/p-1/t15?,16-,17+,20-/m1/s1. The van der Waals surface area contributed by atoms with Crippen LogP contribution in [0.25, 0.3) is 0 Å². The van der Waals surface area contributed by atoms with Crippen molar-refractivity contribution in [3.63, 3.8) is 0 Å². The molecule has 0 spiro atoms. The lowest BCUT2D eigenvalue weighted by Gasteiger charge is -2.45. The molecular formula is C23H21N2O6S-. The average Bonchev–Trinajstić information content (AvgIpc) is 3.01. The highest BCUT2D eigenvalue weighted by Crippen LogP contribution is 2.50. The Morgan fingerprint density at radius 2 is 1.66 bits per heavy atom. The number of benzene rings is 2. The number of rotatable bonds is 6. The lowest BCUT2D eigenvalue weighted by Crippen LogP contribution is -2.72. The SMILES string of the molecule is CC1(C)S[C@@H]2[C@H](NC(=O)C(C(=O)Oc3ccccc3)c3ccccc3)C(=O)N2[C@H]1C(=O)[O-]. The largest absolute Gasteiger partial charge is 0.548 e. The van der Waals surface area contributed by atoms with Gasteiger partial charge in [0.25, 0.3) is 0 Å². The molecule has 4 atom stereocenters. The molecule has 166 valence electrons. The quantitative estimate of drug-likeness (QED) is 0.296. The maximum Gasteiger partial charge on any atom is 0.328 e. The molecule has 0 aliphatic carbocycles. The van der Waals surface area contributed by atoms with Crippen molar-refractivity contribution in [3.05, 3.63) is 66.2 Å². The third-order valence-electron chi connectivity index (χ3n) is 5.55. The summed E-state index contributed by atoms with van der Waals surface area (Å²) in [6, 6.07) is 14.8. The van der Waals surface area contributed by atoms with E-state index in [2.05, 4.69) is 5.32 Å². The second-order valence-electron chi connectivity index (χ2n) is 8.14. The predicted octanol–water partition coefficient (Wildman–Crippen LogP) is 0.673. The average molecular weight is 453 g/mol. The van der Waals surface area contributed by atoms with E-state index in [1.807, 2.05) is 0 Å².